The number of imide groups is 2. The molecule has 0 spiro atoms. The summed E-state index contributed by atoms with van der Waals surface area (Å²) in [6.07, 6.45) is 1.11. The second-order valence-electron chi connectivity index (χ2n) is 30.7. The number of hydrogen-bond acceptors (Lipinski definition) is 20. The number of allylic oxidation sites excluding steroid dienone is 1. The van der Waals surface area contributed by atoms with Crippen molar-refractivity contribution in [1.29, 1.82) is 0 Å². The molecule has 2 atom stereocenters. The first kappa shape index (κ1) is 83.9. The predicted octanol–water partition coefficient (Wildman–Crippen LogP) is 19.1. The van der Waals surface area contributed by atoms with Crippen LogP contribution in [0.2, 0.25) is 0 Å². The highest BCUT2D eigenvalue weighted by atomic mass is 16.6. The first-order chi connectivity index (χ1) is 57.6. The molecular formula is C98H90N2O20. The number of ketones is 1. The molecule has 0 saturated heterocycles. The van der Waals surface area contributed by atoms with Crippen LogP contribution in [0, 0.1) is 11.8 Å². The predicted molar refractivity (Wildman–Crippen MR) is 452 cm³/mol. The molecule has 11 aromatic carbocycles. The van der Waals surface area contributed by atoms with E-state index in [1.54, 1.807) is 166 Å². The van der Waals surface area contributed by atoms with Crippen LogP contribution in [0.3, 0.4) is 0 Å². The van der Waals surface area contributed by atoms with Crippen LogP contribution in [0.5, 0.6) is 46.0 Å². The van der Waals surface area contributed by atoms with Crippen LogP contribution in [-0.4, -0.2) is 108 Å². The molecule has 4 amide bonds. The lowest BCUT2D eigenvalue weighted by Gasteiger charge is -2.36. The molecular weight excluding hydrogens is 1530 g/mol. The molecule has 0 N–H and O–H groups in total. The second kappa shape index (κ2) is 36.7. The van der Waals surface area contributed by atoms with Crippen LogP contribution in [0.15, 0.2) is 231 Å². The Morgan fingerprint density at radius 3 is 0.817 bits per heavy atom. The number of esters is 5. The highest BCUT2D eigenvalue weighted by Gasteiger charge is 2.47. The molecule has 2 heterocycles. The zero-order valence-electron chi connectivity index (χ0n) is 68.0. The molecule has 612 valence electrons. The highest BCUT2D eigenvalue weighted by Crippen LogP contribution is 2.58. The number of hydrogen-bond donors (Lipinski definition) is 0. The van der Waals surface area contributed by atoms with Gasteiger partial charge in [0.05, 0.1) is 48.7 Å². The Morgan fingerprint density at radius 1 is 0.317 bits per heavy atom. The van der Waals surface area contributed by atoms with E-state index < -0.39 is 65.6 Å². The number of nitrogens with zero attached hydrogens (tertiary/aromatic N) is 2. The van der Waals surface area contributed by atoms with Crippen molar-refractivity contribution >= 4 is 102 Å². The van der Waals surface area contributed by atoms with Crippen LogP contribution in [0.25, 0.3) is 43.1 Å². The van der Waals surface area contributed by atoms with Gasteiger partial charge in [-0.3, -0.25) is 33.8 Å². The van der Waals surface area contributed by atoms with Gasteiger partial charge in [0.15, 0.2) is 11.5 Å². The molecule has 0 fully saturated rings. The van der Waals surface area contributed by atoms with Gasteiger partial charge < -0.3 is 47.4 Å². The van der Waals surface area contributed by atoms with E-state index in [4.69, 9.17) is 47.4 Å². The summed E-state index contributed by atoms with van der Waals surface area (Å²) in [7, 11) is 0. The van der Waals surface area contributed by atoms with Gasteiger partial charge in [-0.2, -0.15) is 0 Å². The zero-order chi connectivity index (χ0) is 85.3. The molecule has 0 aromatic heterocycles. The van der Waals surface area contributed by atoms with Crippen molar-refractivity contribution in [3.05, 3.63) is 286 Å². The van der Waals surface area contributed by atoms with Gasteiger partial charge in [0, 0.05) is 92.4 Å². The maximum absolute atomic E-state index is 16.5. The standard InChI is InChI=1S/C98H90N2O20/c1-55(2)47-76(97(109)115-53-66-19-15-13-16-20-66)99-90(102)72-49-78(117-68-31-23-62(24-32-68)39-43-111-61(12)60(11)101)84-85-79(118-69-33-25-63(26-34-69)40-44-112-94(106)57(5)6)50-74-83-75(93(105)100(92(74)104)77(48-56(3)4)98(110)116-54-67-21-17-14-18-22-67)52-81(120-71-37-29-65(30-38-71)42-46-114-96(108)59(9)10)87(89(83)85)86-80(51-73(91(99)103)82(72)88(84)86)119-70-35-27-64(28-36-70)41-45-113-95(107)58(7)8/h13-38,49-52,55-56,76-77H,5,7,9,12,39-48,53-54H2,1-4,6,8,10-11H3. The Kier molecular flexibility index (Phi) is 25.6. The number of ether oxygens (including phenoxy) is 10. The van der Waals surface area contributed by atoms with Crippen LogP contribution >= 0.6 is 0 Å². The molecule has 22 heteroatoms. The smallest absolute Gasteiger partial charge is 0.333 e. The first-order valence-electron chi connectivity index (χ1n) is 39.5. The molecule has 0 saturated carbocycles. The molecule has 22 nitrogen and oxygen atoms in total. The van der Waals surface area contributed by atoms with E-state index in [0.717, 1.165) is 32.1 Å². The monoisotopic (exact) mass is 1610 g/mol. The summed E-state index contributed by atoms with van der Waals surface area (Å²) in [5.41, 5.74) is 4.49. The summed E-state index contributed by atoms with van der Waals surface area (Å²) in [6.45, 7) is 28.0. The quantitative estimate of drug-likeness (QED) is 0.00665. The van der Waals surface area contributed by atoms with Gasteiger partial charge in [0.2, 0.25) is 0 Å². The van der Waals surface area contributed by atoms with E-state index in [-0.39, 0.29) is 223 Å². The van der Waals surface area contributed by atoms with Crippen molar-refractivity contribution in [3.8, 4) is 46.0 Å². The number of carbonyl (C=O) groups is 10. The Hall–Kier alpha value is -14.0. The third-order valence-electron chi connectivity index (χ3n) is 20.5. The molecule has 13 rings (SSSR count). The molecule has 0 bridgehead atoms. The molecule has 0 aliphatic carbocycles. The topological polar surface area (TPSA) is 269 Å². The Morgan fingerprint density at radius 2 is 0.575 bits per heavy atom. The third-order valence-corrected chi connectivity index (χ3v) is 20.5. The molecule has 2 aliphatic heterocycles. The minimum absolute atomic E-state index is 0.00486. The van der Waals surface area contributed by atoms with Gasteiger partial charge in [0.25, 0.3) is 23.6 Å². The SMILES string of the molecule is C=C(C)C(=O)OCCc1ccc(Oc2cc3c4c(cc(Oc5ccc(CCOC(=C)C(C)=O)cc5)c5c6c(Oc7ccc(CCOC(=O)C(=C)C)cc7)cc7c8c(cc(Oc9ccc(CCOC(=O)C(=C)C)cc9)c(c2c45)c86)C(=O)N(C(CC(C)C)C(=O)OCc2ccccc2)C7=O)C(=O)N(C(CC(C)C)C(=O)OCc2ccccc2)C3=O)cc1. The van der Waals surface area contributed by atoms with Crippen LogP contribution in [-0.2, 0) is 96.1 Å². The third kappa shape index (κ3) is 18.5. The van der Waals surface area contributed by atoms with Gasteiger partial charge in [-0.15, -0.1) is 0 Å². The largest absolute Gasteiger partial charge is 0.490 e. The minimum atomic E-state index is -1.52. The number of Topliss-reactive ketones (excluding diaryl/α,β-unsaturated/α-hetero) is 1. The van der Waals surface area contributed by atoms with E-state index in [9.17, 15) is 19.2 Å². The first-order valence-corrected chi connectivity index (χ1v) is 39.5. The van der Waals surface area contributed by atoms with E-state index >= 15 is 28.8 Å². The number of fused-ring (bicyclic) bond motifs is 2. The molecule has 0 radical (unpaired) electrons. The van der Waals surface area contributed by atoms with Gasteiger partial charge in [-0.25, -0.2) is 24.0 Å². The molecule has 2 unspecified atom stereocenters. The lowest BCUT2D eigenvalue weighted by molar-refractivity contribution is -0.151. The van der Waals surface area contributed by atoms with Gasteiger partial charge in [0.1, 0.15) is 71.3 Å². The lowest BCUT2D eigenvalue weighted by Crippen LogP contribution is -2.51. The Labute approximate surface area is 693 Å². The van der Waals surface area contributed by atoms with Crippen LogP contribution in [0.1, 0.15) is 143 Å². The zero-order valence-corrected chi connectivity index (χ0v) is 68.0. The lowest BCUT2D eigenvalue weighted by atomic mass is 9.80. The summed E-state index contributed by atoms with van der Waals surface area (Å²) in [5, 5.41) is 0.936. The number of benzene rings is 11. The van der Waals surface area contributed by atoms with Crippen molar-refractivity contribution in [2.24, 2.45) is 11.8 Å². The Bertz CT molecular complexity index is 5260. The molecule has 2 aliphatic rings. The van der Waals surface area contributed by atoms with Crippen molar-refractivity contribution in [1.82, 2.24) is 9.80 Å². The average Bonchev–Trinajstić information content (AvgIpc) is 0.669. The van der Waals surface area contributed by atoms with Gasteiger partial charge in [-0.1, -0.05) is 163 Å². The molecule has 11 aromatic rings. The van der Waals surface area contributed by atoms with Crippen LogP contribution in [0.4, 0.5) is 0 Å². The minimum Gasteiger partial charge on any atom is -0.490 e. The van der Waals surface area contributed by atoms with Crippen molar-refractivity contribution < 1.29 is 95.3 Å². The molecule has 120 heavy (non-hydrogen) atoms. The summed E-state index contributed by atoms with van der Waals surface area (Å²) < 4.78 is 63.4. The van der Waals surface area contributed by atoms with E-state index in [0.29, 0.717) is 17.5 Å². The van der Waals surface area contributed by atoms with Crippen molar-refractivity contribution in [2.75, 3.05) is 26.4 Å². The number of rotatable bonds is 37. The number of carbonyl (C=O) groups excluding carboxylic acids is 10. The van der Waals surface area contributed by atoms with Crippen molar-refractivity contribution in [2.45, 2.75) is 119 Å². The van der Waals surface area contributed by atoms with E-state index in [1.807, 2.05) is 39.8 Å². The number of amides is 4. The summed E-state index contributed by atoms with van der Waals surface area (Å²) in [4.78, 5) is 148. The summed E-state index contributed by atoms with van der Waals surface area (Å²) in [6, 6.07) is 48.5. The summed E-state index contributed by atoms with van der Waals surface area (Å²) in [5.74, 6) is -7.41. The maximum atomic E-state index is 16.5. The normalized spacial score (nSPS) is 12.8. The summed E-state index contributed by atoms with van der Waals surface area (Å²) >= 11 is 0. The van der Waals surface area contributed by atoms with Crippen LogP contribution < -0.4 is 18.9 Å². The van der Waals surface area contributed by atoms with E-state index in [1.165, 1.54) is 31.2 Å². The highest BCUT2D eigenvalue weighted by molar-refractivity contribution is 6.45. The maximum Gasteiger partial charge on any atom is 0.333 e. The average molecular weight is 1620 g/mol. The van der Waals surface area contributed by atoms with E-state index in [2.05, 4.69) is 26.3 Å². The fourth-order valence-corrected chi connectivity index (χ4v) is 14.5. The Balaban J connectivity index is 1.14. The van der Waals surface area contributed by atoms with Gasteiger partial charge in [-0.05, 0) is 152 Å². The van der Waals surface area contributed by atoms with Crippen molar-refractivity contribution in [3.63, 3.8) is 0 Å². The fourth-order valence-electron chi connectivity index (χ4n) is 14.5. The fraction of sp³-hybridized carbons (Fsp3) is 0.245. The second-order valence-corrected chi connectivity index (χ2v) is 30.7. The van der Waals surface area contributed by atoms with Gasteiger partial charge >= 0.3 is 29.8 Å².